The van der Waals surface area contributed by atoms with Gasteiger partial charge in [0.05, 0.1) is 4.92 Å². The lowest BCUT2D eigenvalue weighted by molar-refractivity contribution is -0.387. The Bertz CT molecular complexity index is 403. The molecular formula is C11H13FN2O2. The summed E-state index contributed by atoms with van der Waals surface area (Å²) in [7, 11) is 0. The Kier molecular flexibility index (Phi) is 3.03. The van der Waals surface area contributed by atoms with Crippen LogP contribution in [0.3, 0.4) is 0 Å². The lowest BCUT2D eigenvalue weighted by Crippen LogP contribution is -2.14. The van der Waals surface area contributed by atoms with E-state index in [0.717, 1.165) is 18.9 Å². The predicted octanol–water partition coefficient (Wildman–Crippen LogP) is 3.09. The zero-order valence-electron chi connectivity index (χ0n) is 8.78. The Hall–Kier alpha value is -1.65. The first kappa shape index (κ1) is 10.9. The molecular weight excluding hydrogens is 211 g/mol. The van der Waals surface area contributed by atoms with Gasteiger partial charge in [0.25, 0.3) is 0 Å². The van der Waals surface area contributed by atoms with Gasteiger partial charge in [0.2, 0.25) is 5.82 Å². The number of nitro benzene ring substituents is 1. The van der Waals surface area contributed by atoms with Crippen LogP contribution >= 0.6 is 0 Å². The number of halogens is 1. The van der Waals surface area contributed by atoms with Gasteiger partial charge in [-0.05, 0) is 25.0 Å². The van der Waals surface area contributed by atoms with Gasteiger partial charge in [-0.3, -0.25) is 10.1 Å². The van der Waals surface area contributed by atoms with Crippen molar-refractivity contribution in [3.63, 3.8) is 0 Å². The first-order chi connectivity index (χ1) is 7.66. The molecule has 0 radical (unpaired) electrons. The van der Waals surface area contributed by atoms with Crippen LogP contribution in [0.15, 0.2) is 18.2 Å². The van der Waals surface area contributed by atoms with E-state index >= 15 is 0 Å². The fourth-order valence-electron chi connectivity index (χ4n) is 2.05. The van der Waals surface area contributed by atoms with Gasteiger partial charge in [-0.25, -0.2) is 0 Å². The first-order valence-corrected chi connectivity index (χ1v) is 5.37. The van der Waals surface area contributed by atoms with Crippen LogP contribution in [-0.4, -0.2) is 11.0 Å². The number of nitrogens with zero attached hydrogens (tertiary/aromatic N) is 1. The summed E-state index contributed by atoms with van der Waals surface area (Å²) in [6, 6.07) is 4.30. The molecule has 0 spiro atoms. The van der Waals surface area contributed by atoms with Crippen molar-refractivity contribution in [2.45, 2.75) is 31.7 Å². The van der Waals surface area contributed by atoms with Gasteiger partial charge in [0.1, 0.15) is 0 Å². The van der Waals surface area contributed by atoms with Gasteiger partial charge in [-0.15, -0.1) is 0 Å². The Labute approximate surface area is 92.6 Å². The van der Waals surface area contributed by atoms with E-state index in [1.165, 1.54) is 18.9 Å². The third-order valence-electron chi connectivity index (χ3n) is 2.87. The van der Waals surface area contributed by atoms with Crippen LogP contribution < -0.4 is 5.32 Å². The fourth-order valence-corrected chi connectivity index (χ4v) is 2.05. The van der Waals surface area contributed by atoms with Gasteiger partial charge >= 0.3 is 5.69 Å². The number of nitrogens with one attached hydrogen (secondary N) is 1. The lowest BCUT2D eigenvalue weighted by Gasteiger charge is -2.12. The van der Waals surface area contributed by atoms with Crippen molar-refractivity contribution >= 4 is 11.4 Å². The molecule has 1 aromatic carbocycles. The smallest absolute Gasteiger partial charge is 0.306 e. The molecule has 1 N–H and O–H groups in total. The van der Waals surface area contributed by atoms with Gasteiger partial charge in [0.15, 0.2) is 0 Å². The molecule has 4 nitrogen and oxygen atoms in total. The van der Waals surface area contributed by atoms with Crippen LogP contribution in [0.1, 0.15) is 25.7 Å². The second kappa shape index (κ2) is 4.47. The van der Waals surface area contributed by atoms with Crippen molar-refractivity contribution < 1.29 is 9.31 Å². The summed E-state index contributed by atoms with van der Waals surface area (Å²) in [6.07, 6.45) is 4.51. The monoisotopic (exact) mass is 224 g/mol. The van der Waals surface area contributed by atoms with E-state index in [9.17, 15) is 14.5 Å². The van der Waals surface area contributed by atoms with Crippen molar-refractivity contribution in [3.8, 4) is 0 Å². The quantitative estimate of drug-likeness (QED) is 0.634. The van der Waals surface area contributed by atoms with E-state index in [2.05, 4.69) is 5.32 Å². The van der Waals surface area contributed by atoms with E-state index in [-0.39, 0.29) is 0 Å². The number of anilines is 1. The largest absolute Gasteiger partial charge is 0.382 e. The van der Waals surface area contributed by atoms with E-state index in [4.69, 9.17) is 0 Å². The van der Waals surface area contributed by atoms with Crippen molar-refractivity contribution in [2.24, 2.45) is 0 Å². The Morgan fingerprint density at radius 2 is 2.06 bits per heavy atom. The summed E-state index contributed by atoms with van der Waals surface area (Å²) in [5.41, 5.74) is 0.156. The molecule has 1 aromatic rings. The normalized spacial score (nSPS) is 16.3. The van der Waals surface area contributed by atoms with Gasteiger partial charge < -0.3 is 5.32 Å². The Morgan fingerprint density at radius 3 is 2.69 bits per heavy atom. The van der Waals surface area contributed by atoms with Gasteiger partial charge in [-0.1, -0.05) is 12.8 Å². The molecule has 0 amide bonds. The van der Waals surface area contributed by atoms with Crippen LogP contribution in [0.5, 0.6) is 0 Å². The summed E-state index contributed by atoms with van der Waals surface area (Å²) in [6.45, 7) is 0. The third-order valence-corrected chi connectivity index (χ3v) is 2.87. The summed E-state index contributed by atoms with van der Waals surface area (Å²) in [4.78, 5) is 9.85. The number of nitro groups is 1. The third kappa shape index (κ3) is 2.29. The lowest BCUT2D eigenvalue weighted by atomic mass is 10.2. The van der Waals surface area contributed by atoms with E-state index in [1.54, 1.807) is 6.07 Å². The standard InChI is InChI=1S/C11H13FN2O2/c12-10-6-5-9(7-11(10)14(15)16)13-8-3-1-2-4-8/h5-8,13H,1-4H2. The highest BCUT2D eigenvalue weighted by Crippen LogP contribution is 2.26. The fraction of sp³-hybridized carbons (Fsp3) is 0.455. The van der Waals surface area contributed by atoms with E-state index in [0.29, 0.717) is 11.7 Å². The maximum absolute atomic E-state index is 13.1. The van der Waals surface area contributed by atoms with Crippen molar-refractivity contribution in [2.75, 3.05) is 5.32 Å². The van der Waals surface area contributed by atoms with Crippen molar-refractivity contribution in [1.29, 1.82) is 0 Å². The van der Waals surface area contributed by atoms with Crippen molar-refractivity contribution in [1.82, 2.24) is 0 Å². The molecule has 1 aliphatic carbocycles. The highest BCUT2D eigenvalue weighted by atomic mass is 19.1. The summed E-state index contributed by atoms with van der Waals surface area (Å²) < 4.78 is 13.1. The number of rotatable bonds is 3. The predicted molar refractivity (Wildman–Crippen MR) is 58.9 cm³/mol. The minimum atomic E-state index is -0.790. The highest BCUT2D eigenvalue weighted by Gasteiger charge is 2.18. The molecule has 0 heterocycles. The molecule has 1 saturated carbocycles. The van der Waals surface area contributed by atoms with Crippen LogP contribution in [0, 0.1) is 15.9 Å². The average Bonchev–Trinajstić information content (AvgIpc) is 2.73. The van der Waals surface area contributed by atoms with Crippen LogP contribution in [0.2, 0.25) is 0 Å². The van der Waals surface area contributed by atoms with E-state index in [1.807, 2.05) is 0 Å². The van der Waals surface area contributed by atoms with Crippen LogP contribution in [0.4, 0.5) is 15.8 Å². The Balaban J connectivity index is 2.15. The molecule has 16 heavy (non-hydrogen) atoms. The second-order valence-corrected chi connectivity index (χ2v) is 4.05. The Morgan fingerprint density at radius 1 is 1.38 bits per heavy atom. The molecule has 0 aromatic heterocycles. The van der Waals surface area contributed by atoms with Gasteiger partial charge in [-0.2, -0.15) is 4.39 Å². The van der Waals surface area contributed by atoms with Crippen molar-refractivity contribution in [3.05, 3.63) is 34.1 Å². The topological polar surface area (TPSA) is 55.2 Å². The maximum Gasteiger partial charge on any atom is 0.306 e. The number of benzene rings is 1. The SMILES string of the molecule is O=[N+]([O-])c1cc(NC2CCCC2)ccc1F. The summed E-state index contributed by atoms with van der Waals surface area (Å²) >= 11 is 0. The summed E-state index contributed by atoms with van der Waals surface area (Å²) in [5.74, 6) is -0.790. The molecule has 2 rings (SSSR count). The number of hydrogen-bond acceptors (Lipinski definition) is 3. The van der Waals surface area contributed by atoms with E-state index < -0.39 is 16.4 Å². The molecule has 1 fully saturated rings. The average molecular weight is 224 g/mol. The van der Waals surface area contributed by atoms with Gasteiger partial charge in [0, 0.05) is 17.8 Å². The molecule has 1 aliphatic rings. The zero-order valence-corrected chi connectivity index (χ0v) is 8.78. The molecule has 86 valence electrons. The summed E-state index contributed by atoms with van der Waals surface area (Å²) in [5, 5.41) is 13.7. The van der Waals surface area contributed by atoms with Crippen LogP contribution in [-0.2, 0) is 0 Å². The number of hydrogen-bond donors (Lipinski definition) is 1. The molecule has 0 bridgehead atoms. The molecule has 0 saturated heterocycles. The first-order valence-electron chi connectivity index (χ1n) is 5.37. The molecule has 0 atom stereocenters. The van der Waals surface area contributed by atoms with Crippen LogP contribution in [0.25, 0.3) is 0 Å². The highest BCUT2D eigenvalue weighted by molar-refractivity contribution is 5.52. The molecule has 0 unspecified atom stereocenters. The maximum atomic E-state index is 13.1. The molecule has 5 heteroatoms. The second-order valence-electron chi connectivity index (χ2n) is 4.05. The minimum Gasteiger partial charge on any atom is -0.382 e. The molecule has 0 aliphatic heterocycles. The zero-order chi connectivity index (χ0) is 11.5. The minimum absolute atomic E-state index is 0.366.